The number of hydrogen-bond acceptors (Lipinski definition) is 7. The van der Waals surface area contributed by atoms with E-state index in [-0.39, 0.29) is 11.5 Å². The second-order valence-electron chi connectivity index (χ2n) is 6.29. The summed E-state index contributed by atoms with van der Waals surface area (Å²) in [5, 5.41) is 11.7. The van der Waals surface area contributed by atoms with Gasteiger partial charge in [-0.25, -0.2) is 4.98 Å². The van der Waals surface area contributed by atoms with E-state index in [1.807, 2.05) is 18.2 Å². The molecule has 2 heterocycles. The van der Waals surface area contributed by atoms with Gasteiger partial charge in [0, 0.05) is 11.3 Å². The van der Waals surface area contributed by atoms with Crippen LogP contribution in [0.15, 0.2) is 70.3 Å². The van der Waals surface area contributed by atoms with Gasteiger partial charge in [-0.1, -0.05) is 41.3 Å². The Morgan fingerprint density at radius 1 is 1.20 bits per heavy atom. The Balaban J connectivity index is 1.56. The summed E-state index contributed by atoms with van der Waals surface area (Å²) in [4.78, 5) is 29.9. The number of carbonyl (C=O) groups excluding carboxylic acids is 1. The highest BCUT2D eigenvalue weighted by Crippen LogP contribution is 2.25. The second-order valence-corrected chi connectivity index (χ2v) is 8.54. The van der Waals surface area contributed by atoms with E-state index in [0.717, 1.165) is 10.1 Å². The van der Waals surface area contributed by atoms with Crippen molar-refractivity contribution in [3.8, 4) is 5.69 Å². The topological polar surface area (TPSA) is 89.8 Å². The molecule has 4 aromatic rings. The molecule has 7 nitrogen and oxygen atoms in total. The van der Waals surface area contributed by atoms with E-state index >= 15 is 0 Å². The van der Waals surface area contributed by atoms with Crippen LogP contribution < -0.4 is 10.9 Å². The molecule has 0 unspecified atom stereocenters. The summed E-state index contributed by atoms with van der Waals surface area (Å²) < 4.78 is 2.30. The van der Waals surface area contributed by atoms with Crippen molar-refractivity contribution in [3.05, 3.63) is 82.9 Å². The molecule has 150 valence electrons. The molecule has 0 aliphatic carbocycles. The van der Waals surface area contributed by atoms with Gasteiger partial charge in [0.2, 0.25) is 5.13 Å². The smallest absolute Gasteiger partial charge is 0.265 e. The lowest BCUT2D eigenvalue weighted by Gasteiger charge is -2.11. The fourth-order valence-corrected chi connectivity index (χ4v) is 4.44. The van der Waals surface area contributed by atoms with E-state index in [4.69, 9.17) is 0 Å². The SMILES string of the molecule is C=CCSc1nnc(NC(=O)c2ccc(-n3c(C)nc4ccccc4c3=O)cc2)s1. The summed E-state index contributed by atoms with van der Waals surface area (Å²) in [6.07, 6.45) is 1.78. The molecule has 30 heavy (non-hydrogen) atoms. The molecule has 9 heteroatoms. The zero-order valence-corrected chi connectivity index (χ0v) is 17.7. The molecule has 0 saturated heterocycles. The first kappa shape index (κ1) is 20.0. The lowest BCUT2D eigenvalue weighted by Crippen LogP contribution is -2.22. The molecular weight excluding hydrogens is 418 g/mol. The molecule has 0 aliphatic rings. The number of carbonyl (C=O) groups is 1. The van der Waals surface area contributed by atoms with Crippen molar-refractivity contribution < 1.29 is 4.79 Å². The van der Waals surface area contributed by atoms with Gasteiger partial charge in [0.1, 0.15) is 5.82 Å². The van der Waals surface area contributed by atoms with Gasteiger partial charge >= 0.3 is 0 Å². The highest BCUT2D eigenvalue weighted by atomic mass is 32.2. The van der Waals surface area contributed by atoms with Crippen molar-refractivity contribution in [1.29, 1.82) is 0 Å². The zero-order valence-electron chi connectivity index (χ0n) is 16.0. The van der Waals surface area contributed by atoms with Gasteiger partial charge in [-0.15, -0.1) is 16.8 Å². The summed E-state index contributed by atoms with van der Waals surface area (Å²) in [5.74, 6) is 1.01. The predicted octanol–water partition coefficient (Wildman–Crippen LogP) is 4.08. The largest absolute Gasteiger partial charge is 0.296 e. The highest BCUT2D eigenvalue weighted by Gasteiger charge is 2.13. The van der Waals surface area contributed by atoms with Crippen molar-refractivity contribution in [1.82, 2.24) is 19.7 Å². The van der Waals surface area contributed by atoms with Crippen molar-refractivity contribution in [2.24, 2.45) is 0 Å². The fourth-order valence-electron chi connectivity index (χ4n) is 2.93. The molecule has 2 aromatic carbocycles. The number of nitrogens with one attached hydrogen (secondary N) is 1. The number of hydrogen-bond donors (Lipinski definition) is 1. The van der Waals surface area contributed by atoms with Crippen LogP contribution in [0.5, 0.6) is 0 Å². The first-order chi connectivity index (χ1) is 14.6. The second kappa shape index (κ2) is 8.60. The van der Waals surface area contributed by atoms with Crippen LogP contribution in [0, 0.1) is 6.92 Å². The number of fused-ring (bicyclic) bond motifs is 1. The maximum Gasteiger partial charge on any atom is 0.265 e. The van der Waals surface area contributed by atoms with Crippen LogP contribution >= 0.6 is 23.1 Å². The first-order valence-corrected chi connectivity index (χ1v) is 10.8. The first-order valence-electron chi connectivity index (χ1n) is 9.04. The van der Waals surface area contributed by atoms with Gasteiger partial charge in [-0.05, 0) is 43.3 Å². The van der Waals surface area contributed by atoms with Crippen molar-refractivity contribution in [2.75, 3.05) is 11.1 Å². The van der Waals surface area contributed by atoms with Crippen LogP contribution in [0.25, 0.3) is 16.6 Å². The summed E-state index contributed by atoms with van der Waals surface area (Å²) in [7, 11) is 0. The Morgan fingerprint density at radius 3 is 2.73 bits per heavy atom. The number of amides is 1. The number of aryl methyl sites for hydroxylation is 1. The number of aromatic nitrogens is 4. The van der Waals surface area contributed by atoms with Crippen molar-refractivity contribution in [3.63, 3.8) is 0 Å². The van der Waals surface area contributed by atoms with Gasteiger partial charge < -0.3 is 0 Å². The molecule has 0 radical (unpaired) electrons. The van der Waals surface area contributed by atoms with Crippen LogP contribution in [0.4, 0.5) is 5.13 Å². The summed E-state index contributed by atoms with van der Waals surface area (Å²) in [6, 6.07) is 14.0. The van der Waals surface area contributed by atoms with Crippen molar-refractivity contribution >= 4 is 45.0 Å². The molecule has 1 N–H and O–H groups in total. The third-order valence-electron chi connectivity index (χ3n) is 4.28. The molecule has 0 atom stereocenters. The lowest BCUT2D eigenvalue weighted by atomic mass is 10.2. The number of para-hydroxylation sites is 1. The number of benzene rings is 2. The molecule has 4 rings (SSSR count). The van der Waals surface area contributed by atoms with Crippen LogP contribution in [0.3, 0.4) is 0 Å². The third kappa shape index (κ3) is 4.03. The maximum atomic E-state index is 12.9. The number of anilines is 1. The van der Waals surface area contributed by atoms with E-state index in [1.54, 1.807) is 43.3 Å². The van der Waals surface area contributed by atoms with Gasteiger partial charge in [-0.3, -0.25) is 19.5 Å². The Morgan fingerprint density at radius 2 is 1.97 bits per heavy atom. The quantitative estimate of drug-likeness (QED) is 0.279. The molecule has 1 amide bonds. The van der Waals surface area contributed by atoms with Crippen molar-refractivity contribution in [2.45, 2.75) is 11.3 Å². The standard InChI is InChI=1S/C21H17N5O2S2/c1-3-12-29-21-25-24-20(30-21)23-18(27)14-8-10-15(11-9-14)26-13(2)22-17-7-5-4-6-16(17)19(26)28/h3-11H,1,12H2,2H3,(H,23,24,27). The summed E-state index contributed by atoms with van der Waals surface area (Å²) >= 11 is 2.81. The minimum atomic E-state index is -0.293. The molecule has 2 aromatic heterocycles. The minimum absolute atomic E-state index is 0.145. The fraction of sp³-hybridized carbons (Fsp3) is 0.0952. The van der Waals surface area contributed by atoms with Gasteiger partial charge in [0.15, 0.2) is 4.34 Å². The number of thioether (sulfide) groups is 1. The van der Waals surface area contributed by atoms with Crippen LogP contribution in [0.1, 0.15) is 16.2 Å². The van der Waals surface area contributed by atoms with E-state index in [2.05, 4.69) is 27.1 Å². The van der Waals surface area contributed by atoms with E-state index in [9.17, 15) is 9.59 Å². The molecular formula is C21H17N5O2S2. The van der Waals surface area contributed by atoms with E-state index in [1.165, 1.54) is 27.7 Å². The molecule has 0 aliphatic heterocycles. The zero-order chi connectivity index (χ0) is 21.1. The van der Waals surface area contributed by atoms with Gasteiger partial charge in [0.25, 0.3) is 11.5 Å². The Bertz CT molecular complexity index is 1290. The van der Waals surface area contributed by atoms with Crippen LogP contribution in [-0.4, -0.2) is 31.4 Å². The third-order valence-corrected chi connectivity index (χ3v) is 6.25. The van der Waals surface area contributed by atoms with Crippen LogP contribution in [-0.2, 0) is 0 Å². The van der Waals surface area contributed by atoms with Crippen LogP contribution in [0.2, 0.25) is 0 Å². The molecule has 0 saturated carbocycles. The number of nitrogens with zero attached hydrogens (tertiary/aromatic N) is 4. The average Bonchev–Trinajstić information content (AvgIpc) is 3.20. The predicted molar refractivity (Wildman–Crippen MR) is 121 cm³/mol. The normalized spacial score (nSPS) is 10.8. The maximum absolute atomic E-state index is 12.9. The minimum Gasteiger partial charge on any atom is -0.296 e. The van der Waals surface area contributed by atoms with E-state index in [0.29, 0.717) is 33.1 Å². The lowest BCUT2D eigenvalue weighted by molar-refractivity contribution is 0.102. The number of rotatable bonds is 6. The summed E-state index contributed by atoms with van der Waals surface area (Å²) in [5.41, 5.74) is 1.61. The monoisotopic (exact) mass is 435 g/mol. The Labute approximate surface area is 180 Å². The molecule has 0 bridgehead atoms. The Kier molecular flexibility index (Phi) is 5.73. The van der Waals surface area contributed by atoms with E-state index < -0.39 is 0 Å². The Hall–Kier alpha value is -3.30. The average molecular weight is 436 g/mol. The summed E-state index contributed by atoms with van der Waals surface area (Å²) in [6.45, 7) is 5.45. The molecule has 0 spiro atoms. The molecule has 0 fully saturated rings. The van der Waals surface area contributed by atoms with Gasteiger partial charge in [-0.2, -0.15) is 0 Å². The highest BCUT2D eigenvalue weighted by molar-refractivity contribution is 8.01. The van der Waals surface area contributed by atoms with Gasteiger partial charge in [0.05, 0.1) is 16.6 Å².